The number of aliphatic hydroxyl groups is 1. The van der Waals surface area contributed by atoms with Crippen LogP contribution >= 0.6 is 0 Å². The number of hydrogen-bond donors (Lipinski definition) is 2. The molecule has 2 N–H and O–H groups in total. The molecule has 2 heteroatoms. The highest BCUT2D eigenvalue weighted by atomic mass is 16.3. The first-order valence-electron chi connectivity index (χ1n) is 5.94. The smallest absolute Gasteiger partial charge is 0.0914 e. The third-order valence-electron chi connectivity index (χ3n) is 2.60. The van der Waals surface area contributed by atoms with Gasteiger partial charge < -0.3 is 10.4 Å². The SMILES string of the molecule is CCc1ccc(C(O)CNC(C)(C)C)cc1. The van der Waals surface area contributed by atoms with Gasteiger partial charge in [0.1, 0.15) is 0 Å². The van der Waals surface area contributed by atoms with Crippen molar-refractivity contribution in [3.05, 3.63) is 35.4 Å². The number of benzene rings is 1. The van der Waals surface area contributed by atoms with Crippen LogP contribution in [0.3, 0.4) is 0 Å². The van der Waals surface area contributed by atoms with E-state index in [2.05, 4.69) is 45.1 Å². The molecular weight excluding hydrogens is 198 g/mol. The van der Waals surface area contributed by atoms with E-state index in [9.17, 15) is 5.11 Å². The van der Waals surface area contributed by atoms with Crippen LogP contribution in [0.15, 0.2) is 24.3 Å². The van der Waals surface area contributed by atoms with E-state index in [1.54, 1.807) is 0 Å². The largest absolute Gasteiger partial charge is 0.387 e. The summed E-state index contributed by atoms with van der Waals surface area (Å²) in [6, 6.07) is 8.17. The van der Waals surface area contributed by atoms with E-state index in [0.717, 1.165) is 12.0 Å². The van der Waals surface area contributed by atoms with Gasteiger partial charge in [0.2, 0.25) is 0 Å². The van der Waals surface area contributed by atoms with Crippen LogP contribution in [0.2, 0.25) is 0 Å². The molecule has 0 radical (unpaired) electrons. The van der Waals surface area contributed by atoms with Crippen LogP contribution in [-0.2, 0) is 6.42 Å². The molecule has 0 aliphatic heterocycles. The van der Waals surface area contributed by atoms with E-state index >= 15 is 0 Å². The van der Waals surface area contributed by atoms with E-state index in [1.165, 1.54) is 5.56 Å². The predicted molar refractivity (Wildman–Crippen MR) is 68.5 cm³/mol. The molecule has 1 aromatic carbocycles. The van der Waals surface area contributed by atoms with Gasteiger partial charge in [-0.2, -0.15) is 0 Å². The molecule has 0 amide bonds. The third-order valence-corrected chi connectivity index (χ3v) is 2.60. The Morgan fingerprint density at radius 2 is 1.75 bits per heavy atom. The summed E-state index contributed by atoms with van der Waals surface area (Å²) in [7, 11) is 0. The number of nitrogens with one attached hydrogen (secondary N) is 1. The van der Waals surface area contributed by atoms with E-state index in [1.807, 2.05) is 12.1 Å². The Morgan fingerprint density at radius 1 is 1.19 bits per heavy atom. The third kappa shape index (κ3) is 4.33. The maximum Gasteiger partial charge on any atom is 0.0914 e. The highest BCUT2D eigenvalue weighted by Crippen LogP contribution is 2.14. The average Bonchev–Trinajstić information content (AvgIpc) is 2.25. The molecule has 0 aliphatic carbocycles. The van der Waals surface area contributed by atoms with Crippen LogP contribution in [0.1, 0.15) is 44.9 Å². The summed E-state index contributed by atoms with van der Waals surface area (Å²) in [5.74, 6) is 0. The van der Waals surface area contributed by atoms with Crippen molar-refractivity contribution in [2.24, 2.45) is 0 Å². The zero-order chi connectivity index (χ0) is 12.2. The van der Waals surface area contributed by atoms with Gasteiger partial charge in [-0.1, -0.05) is 31.2 Å². The van der Waals surface area contributed by atoms with Crippen molar-refractivity contribution in [2.75, 3.05) is 6.54 Å². The highest BCUT2D eigenvalue weighted by Gasteiger charge is 2.13. The second-order valence-corrected chi connectivity index (χ2v) is 5.24. The quantitative estimate of drug-likeness (QED) is 0.819. The predicted octanol–water partition coefficient (Wildman–Crippen LogP) is 2.67. The summed E-state index contributed by atoms with van der Waals surface area (Å²) >= 11 is 0. The van der Waals surface area contributed by atoms with Gasteiger partial charge in [-0.3, -0.25) is 0 Å². The molecule has 0 spiro atoms. The van der Waals surface area contributed by atoms with E-state index in [-0.39, 0.29) is 5.54 Å². The van der Waals surface area contributed by atoms with Crippen molar-refractivity contribution in [3.8, 4) is 0 Å². The van der Waals surface area contributed by atoms with Crippen molar-refractivity contribution in [1.82, 2.24) is 5.32 Å². The summed E-state index contributed by atoms with van der Waals surface area (Å²) in [5, 5.41) is 13.3. The second kappa shape index (κ2) is 5.46. The maximum absolute atomic E-state index is 9.98. The highest BCUT2D eigenvalue weighted by molar-refractivity contribution is 5.24. The van der Waals surface area contributed by atoms with Crippen molar-refractivity contribution in [2.45, 2.75) is 45.8 Å². The van der Waals surface area contributed by atoms with Crippen LogP contribution in [0.25, 0.3) is 0 Å². The molecule has 0 saturated heterocycles. The van der Waals surface area contributed by atoms with E-state index in [4.69, 9.17) is 0 Å². The van der Waals surface area contributed by atoms with Crippen molar-refractivity contribution in [3.63, 3.8) is 0 Å². The second-order valence-electron chi connectivity index (χ2n) is 5.24. The lowest BCUT2D eigenvalue weighted by molar-refractivity contribution is 0.163. The van der Waals surface area contributed by atoms with Crippen LogP contribution < -0.4 is 5.32 Å². The van der Waals surface area contributed by atoms with Gasteiger partial charge in [-0.05, 0) is 38.3 Å². The van der Waals surface area contributed by atoms with Gasteiger partial charge in [0.05, 0.1) is 6.10 Å². The van der Waals surface area contributed by atoms with Crippen LogP contribution in [0, 0.1) is 0 Å². The molecule has 0 heterocycles. The normalized spacial score (nSPS) is 13.8. The fraction of sp³-hybridized carbons (Fsp3) is 0.571. The molecule has 1 rings (SSSR count). The number of rotatable bonds is 4. The number of hydrogen-bond acceptors (Lipinski definition) is 2. The lowest BCUT2D eigenvalue weighted by atomic mass is 10.0. The average molecular weight is 221 g/mol. The number of aryl methyl sites for hydroxylation is 1. The summed E-state index contributed by atoms with van der Waals surface area (Å²) in [5.41, 5.74) is 2.33. The minimum atomic E-state index is -0.426. The lowest BCUT2D eigenvalue weighted by Gasteiger charge is -2.23. The summed E-state index contributed by atoms with van der Waals surface area (Å²) in [6.45, 7) is 9.02. The molecule has 0 fully saturated rings. The Hall–Kier alpha value is -0.860. The molecule has 16 heavy (non-hydrogen) atoms. The van der Waals surface area contributed by atoms with Crippen molar-refractivity contribution >= 4 is 0 Å². The summed E-state index contributed by atoms with van der Waals surface area (Å²) < 4.78 is 0. The van der Waals surface area contributed by atoms with Crippen molar-refractivity contribution in [1.29, 1.82) is 0 Å². The number of aliphatic hydroxyl groups excluding tert-OH is 1. The van der Waals surface area contributed by atoms with Crippen LogP contribution in [-0.4, -0.2) is 17.2 Å². The molecule has 0 aromatic heterocycles. The monoisotopic (exact) mass is 221 g/mol. The molecule has 0 bridgehead atoms. The minimum Gasteiger partial charge on any atom is -0.387 e. The standard InChI is InChI=1S/C14H23NO/c1-5-11-6-8-12(9-7-11)13(16)10-15-14(2,3)4/h6-9,13,15-16H,5,10H2,1-4H3. The Bertz CT molecular complexity index is 311. The van der Waals surface area contributed by atoms with E-state index < -0.39 is 6.10 Å². The van der Waals surface area contributed by atoms with Gasteiger partial charge in [0, 0.05) is 12.1 Å². The molecule has 0 saturated carbocycles. The first kappa shape index (κ1) is 13.2. The van der Waals surface area contributed by atoms with Crippen LogP contribution in [0.5, 0.6) is 0 Å². The fourth-order valence-corrected chi connectivity index (χ4v) is 1.50. The molecule has 1 aromatic rings. The van der Waals surface area contributed by atoms with Gasteiger partial charge in [-0.25, -0.2) is 0 Å². The Morgan fingerprint density at radius 3 is 2.19 bits per heavy atom. The van der Waals surface area contributed by atoms with Gasteiger partial charge >= 0.3 is 0 Å². The van der Waals surface area contributed by atoms with E-state index in [0.29, 0.717) is 6.54 Å². The molecule has 1 atom stereocenters. The zero-order valence-electron chi connectivity index (χ0n) is 10.7. The zero-order valence-corrected chi connectivity index (χ0v) is 10.7. The molecule has 90 valence electrons. The van der Waals surface area contributed by atoms with Crippen LogP contribution in [0.4, 0.5) is 0 Å². The molecule has 0 aliphatic rings. The lowest BCUT2D eigenvalue weighted by Crippen LogP contribution is -2.38. The summed E-state index contributed by atoms with van der Waals surface area (Å²) in [4.78, 5) is 0. The van der Waals surface area contributed by atoms with Gasteiger partial charge in [0.15, 0.2) is 0 Å². The Balaban J connectivity index is 2.56. The Labute approximate surface area is 98.7 Å². The minimum absolute atomic E-state index is 0.0460. The molecule has 1 unspecified atom stereocenters. The van der Waals surface area contributed by atoms with Gasteiger partial charge in [0.25, 0.3) is 0 Å². The fourth-order valence-electron chi connectivity index (χ4n) is 1.50. The first-order valence-corrected chi connectivity index (χ1v) is 5.94. The topological polar surface area (TPSA) is 32.3 Å². The molecule has 2 nitrogen and oxygen atoms in total. The van der Waals surface area contributed by atoms with Gasteiger partial charge in [-0.15, -0.1) is 0 Å². The molecular formula is C14H23NO. The maximum atomic E-state index is 9.98. The Kier molecular flexibility index (Phi) is 4.51. The summed E-state index contributed by atoms with van der Waals surface area (Å²) in [6.07, 6.45) is 0.613. The van der Waals surface area contributed by atoms with Crippen molar-refractivity contribution < 1.29 is 5.11 Å². The first-order chi connectivity index (χ1) is 7.42. The number of β-amino-alcohol motifs (C(OH)–C–C–N with tert-alkyl or cyclic N) is 1.